The van der Waals surface area contributed by atoms with Gasteiger partial charge in [0, 0.05) is 13.2 Å². The van der Waals surface area contributed by atoms with E-state index >= 15 is 0 Å². The molecule has 0 aromatic heterocycles. The Morgan fingerprint density at radius 2 is 1.81 bits per heavy atom. The van der Waals surface area contributed by atoms with E-state index < -0.39 is 6.29 Å². The van der Waals surface area contributed by atoms with Gasteiger partial charge in [0.05, 0.1) is 12.7 Å². The van der Waals surface area contributed by atoms with E-state index in [1.807, 2.05) is 13.8 Å². The maximum Gasteiger partial charge on any atom is 0.187 e. The van der Waals surface area contributed by atoms with Crippen LogP contribution in [0.5, 0.6) is 5.75 Å². The van der Waals surface area contributed by atoms with Gasteiger partial charge < -0.3 is 14.2 Å². The zero-order valence-electron chi connectivity index (χ0n) is 9.83. The summed E-state index contributed by atoms with van der Waals surface area (Å²) in [5.74, 6) is 0.230. The summed E-state index contributed by atoms with van der Waals surface area (Å²) in [6.07, 6.45) is -0.583. The second-order valence-electron chi connectivity index (χ2n) is 3.13. The molecule has 16 heavy (non-hydrogen) atoms. The molecule has 0 saturated carbocycles. The lowest BCUT2D eigenvalue weighted by Gasteiger charge is -2.19. The van der Waals surface area contributed by atoms with Crippen molar-refractivity contribution in [1.29, 1.82) is 0 Å². The minimum Gasteiger partial charge on any atom is -0.496 e. The second kappa shape index (κ2) is 6.45. The summed E-state index contributed by atoms with van der Waals surface area (Å²) >= 11 is 0. The summed E-state index contributed by atoms with van der Waals surface area (Å²) in [6, 6.07) is 4.28. The van der Waals surface area contributed by atoms with Crippen LogP contribution in [0.15, 0.2) is 18.2 Å². The van der Waals surface area contributed by atoms with Crippen LogP contribution in [-0.4, -0.2) is 20.3 Å². The molecule has 0 unspecified atom stereocenters. The smallest absolute Gasteiger partial charge is 0.187 e. The van der Waals surface area contributed by atoms with Crippen molar-refractivity contribution < 1.29 is 18.6 Å². The van der Waals surface area contributed by atoms with Crippen LogP contribution in [0.4, 0.5) is 4.39 Å². The molecule has 1 rings (SSSR count). The Morgan fingerprint density at radius 1 is 1.19 bits per heavy atom. The van der Waals surface area contributed by atoms with E-state index in [9.17, 15) is 4.39 Å². The molecule has 1 aromatic carbocycles. The maximum absolute atomic E-state index is 13.2. The summed E-state index contributed by atoms with van der Waals surface area (Å²) in [6.45, 7) is 4.70. The fraction of sp³-hybridized carbons (Fsp3) is 0.500. The van der Waals surface area contributed by atoms with E-state index in [0.29, 0.717) is 24.5 Å². The Kier molecular flexibility index (Phi) is 5.22. The van der Waals surface area contributed by atoms with Gasteiger partial charge >= 0.3 is 0 Å². The first-order valence-electron chi connectivity index (χ1n) is 5.29. The molecule has 0 heterocycles. The summed E-state index contributed by atoms with van der Waals surface area (Å²) in [4.78, 5) is 0. The molecule has 3 nitrogen and oxygen atoms in total. The molecular formula is C12H17FO3. The number of halogens is 1. The average molecular weight is 228 g/mol. The van der Waals surface area contributed by atoms with E-state index in [0.717, 1.165) is 0 Å². The van der Waals surface area contributed by atoms with Crippen LogP contribution in [0.25, 0.3) is 0 Å². The molecule has 0 aliphatic carbocycles. The molecule has 0 aliphatic rings. The van der Waals surface area contributed by atoms with Gasteiger partial charge in [0.1, 0.15) is 11.6 Å². The zero-order valence-corrected chi connectivity index (χ0v) is 9.83. The van der Waals surface area contributed by atoms with Crippen molar-refractivity contribution in [1.82, 2.24) is 0 Å². The van der Waals surface area contributed by atoms with Gasteiger partial charge in [0.15, 0.2) is 6.29 Å². The number of hydrogen-bond donors (Lipinski definition) is 0. The van der Waals surface area contributed by atoms with Crippen LogP contribution in [0.3, 0.4) is 0 Å². The predicted molar refractivity (Wildman–Crippen MR) is 58.9 cm³/mol. The molecule has 1 aromatic rings. The van der Waals surface area contributed by atoms with Crippen LogP contribution in [0, 0.1) is 5.82 Å². The van der Waals surface area contributed by atoms with Crippen molar-refractivity contribution >= 4 is 0 Å². The van der Waals surface area contributed by atoms with Gasteiger partial charge in [-0.15, -0.1) is 0 Å². The molecule has 0 saturated heterocycles. The quantitative estimate of drug-likeness (QED) is 0.701. The van der Waals surface area contributed by atoms with Crippen LogP contribution in [0.1, 0.15) is 25.7 Å². The van der Waals surface area contributed by atoms with Gasteiger partial charge in [-0.3, -0.25) is 0 Å². The lowest BCUT2D eigenvalue weighted by molar-refractivity contribution is -0.141. The van der Waals surface area contributed by atoms with E-state index in [2.05, 4.69) is 0 Å². The van der Waals surface area contributed by atoms with Gasteiger partial charge in [-0.2, -0.15) is 0 Å². The van der Waals surface area contributed by atoms with Crippen molar-refractivity contribution in [2.45, 2.75) is 20.1 Å². The second-order valence-corrected chi connectivity index (χ2v) is 3.13. The average Bonchev–Trinajstić information content (AvgIpc) is 2.29. The number of ether oxygens (including phenoxy) is 3. The largest absolute Gasteiger partial charge is 0.496 e. The van der Waals surface area contributed by atoms with Gasteiger partial charge in [-0.25, -0.2) is 4.39 Å². The predicted octanol–water partition coefficient (Wildman–Crippen LogP) is 2.91. The molecule has 0 amide bonds. The Bertz CT molecular complexity index is 322. The van der Waals surface area contributed by atoms with Gasteiger partial charge in [0.25, 0.3) is 0 Å². The monoisotopic (exact) mass is 228 g/mol. The Morgan fingerprint density at radius 3 is 2.31 bits per heavy atom. The topological polar surface area (TPSA) is 27.7 Å². The molecule has 0 atom stereocenters. The Balaban J connectivity index is 3.00. The third-order valence-corrected chi connectivity index (χ3v) is 2.08. The first-order valence-corrected chi connectivity index (χ1v) is 5.29. The molecule has 0 N–H and O–H groups in total. The highest BCUT2D eigenvalue weighted by Gasteiger charge is 2.17. The van der Waals surface area contributed by atoms with Crippen molar-refractivity contribution in [3.8, 4) is 5.75 Å². The van der Waals surface area contributed by atoms with E-state index in [4.69, 9.17) is 14.2 Å². The standard InChI is InChI=1S/C12H17FO3/c1-4-15-12(16-5-2)10-8-9(13)6-7-11(10)14-3/h6-8,12H,4-5H2,1-3H3. The third kappa shape index (κ3) is 3.18. The summed E-state index contributed by atoms with van der Waals surface area (Å²) < 4.78 is 29.1. The fourth-order valence-corrected chi connectivity index (χ4v) is 1.42. The highest BCUT2D eigenvalue weighted by molar-refractivity contribution is 5.34. The van der Waals surface area contributed by atoms with Crippen LogP contribution >= 0.6 is 0 Å². The summed E-state index contributed by atoms with van der Waals surface area (Å²) in [7, 11) is 1.53. The van der Waals surface area contributed by atoms with Crippen LogP contribution < -0.4 is 4.74 Å². The molecule has 0 fully saturated rings. The van der Waals surface area contributed by atoms with Gasteiger partial charge in [0.2, 0.25) is 0 Å². The molecule has 0 radical (unpaired) electrons. The van der Waals surface area contributed by atoms with Crippen molar-refractivity contribution in [3.63, 3.8) is 0 Å². The highest BCUT2D eigenvalue weighted by atomic mass is 19.1. The van der Waals surface area contributed by atoms with Crippen LogP contribution in [-0.2, 0) is 9.47 Å². The number of rotatable bonds is 6. The molecule has 4 heteroatoms. The number of benzene rings is 1. The normalized spacial score (nSPS) is 10.8. The van der Waals surface area contributed by atoms with E-state index in [1.54, 1.807) is 6.07 Å². The third-order valence-electron chi connectivity index (χ3n) is 2.08. The molecule has 0 aliphatic heterocycles. The van der Waals surface area contributed by atoms with Gasteiger partial charge in [-0.05, 0) is 32.0 Å². The Labute approximate surface area is 95.1 Å². The maximum atomic E-state index is 13.2. The lowest BCUT2D eigenvalue weighted by atomic mass is 10.2. The van der Waals surface area contributed by atoms with Crippen molar-refractivity contribution in [2.75, 3.05) is 20.3 Å². The fourth-order valence-electron chi connectivity index (χ4n) is 1.42. The molecular weight excluding hydrogens is 211 g/mol. The number of methoxy groups -OCH3 is 1. The minimum atomic E-state index is -0.583. The van der Waals surface area contributed by atoms with Crippen molar-refractivity contribution in [3.05, 3.63) is 29.6 Å². The molecule has 0 spiro atoms. The van der Waals surface area contributed by atoms with Gasteiger partial charge in [-0.1, -0.05) is 0 Å². The van der Waals surface area contributed by atoms with E-state index in [1.165, 1.54) is 19.2 Å². The molecule has 0 bridgehead atoms. The van der Waals surface area contributed by atoms with Crippen molar-refractivity contribution in [2.24, 2.45) is 0 Å². The summed E-state index contributed by atoms with van der Waals surface area (Å²) in [5.41, 5.74) is 0.575. The minimum absolute atomic E-state index is 0.333. The molecule has 90 valence electrons. The van der Waals surface area contributed by atoms with Crippen LogP contribution in [0.2, 0.25) is 0 Å². The number of hydrogen-bond acceptors (Lipinski definition) is 3. The highest BCUT2D eigenvalue weighted by Crippen LogP contribution is 2.29. The zero-order chi connectivity index (χ0) is 12.0. The SMILES string of the molecule is CCOC(OCC)c1cc(F)ccc1OC. The first kappa shape index (κ1) is 12.9. The van der Waals surface area contributed by atoms with E-state index in [-0.39, 0.29) is 5.82 Å². The lowest BCUT2D eigenvalue weighted by Crippen LogP contribution is -2.10. The Hall–Kier alpha value is -1.13. The first-order chi connectivity index (χ1) is 7.72. The summed E-state index contributed by atoms with van der Waals surface area (Å²) in [5, 5.41) is 0.